The van der Waals surface area contributed by atoms with E-state index in [1.165, 1.54) is 4.90 Å². The van der Waals surface area contributed by atoms with E-state index in [9.17, 15) is 36.7 Å². The van der Waals surface area contributed by atoms with E-state index in [0.29, 0.717) is 28.8 Å². The summed E-state index contributed by atoms with van der Waals surface area (Å²) in [5.74, 6) is -3.83. The van der Waals surface area contributed by atoms with E-state index in [-0.39, 0.29) is 25.9 Å². The van der Waals surface area contributed by atoms with Crippen molar-refractivity contribution >= 4 is 35.2 Å². The lowest BCUT2D eigenvalue weighted by Gasteiger charge is -2.29. The standard InChI is InChI=1S/C22H16ClF4N3O4/c23-15-7-11(22(25,26)27)6-13(18(15)24)19(32)28-8-10-2-1-3-12-14(10)9-30(21(12)34)16-4-5-17(31)29-20(16)33/h1-3,6-7,16H,4-5,8-9H2,(H,28,32)(H,29,31,33). The first kappa shape index (κ1) is 23.7. The number of nitrogens with zero attached hydrogens (tertiary/aromatic N) is 1. The number of hydrogen-bond acceptors (Lipinski definition) is 4. The molecular weight excluding hydrogens is 482 g/mol. The second-order valence-corrected chi connectivity index (χ2v) is 8.25. The highest BCUT2D eigenvalue weighted by molar-refractivity contribution is 6.31. The Balaban J connectivity index is 1.54. The van der Waals surface area contributed by atoms with E-state index in [4.69, 9.17) is 11.6 Å². The first-order valence-corrected chi connectivity index (χ1v) is 10.4. The Morgan fingerprint density at radius 3 is 2.62 bits per heavy atom. The minimum atomic E-state index is -4.83. The molecule has 1 fully saturated rings. The van der Waals surface area contributed by atoms with Gasteiger partial charge in [-0.3, -0.25) is 24.5 Å². The zero-order valence-corrected chi connectivity index (χ0v) is 18.0. The lowest BCUT2D eigenvalue weighted by molar-refractivity contribution is -0.138. The van der Waals surface area contributed by atoms with Crippen LogP contribution in [-0.2, 0) is 28.9 Å². The van der Waals surface area contributed by atoms with Gasteiger partial charge >= 0.3 is 6.18 Å². The molecule has 0 spiro atoms. The van der Waals surface area contributed by atoms with Gasteiger partial charge in [-0.05, 0) is 35.7 Å². The van der Waals surface area contributed by atoms with Crippen LogP contribution in [0.2, 0.25) is 5.02 Å². The molecule has 34 heavy (non-hydrogen) atoms. The number of amides is 4. The molecule has 2 N–H and O–H groups in total. The van der Waals surface area contributed by atoms with Crippen molar-refractivity contribution in [2.45, 2.75) is 38.1 Å². The largest absolute Gasteiger partial charge is 0.416 e. The molecule has 2 aliphatic heterocycles. The highest BCUT2D eigenvalue weighted by Crippen LogP contribution is 2.34. The van der Waals surface area contributed by atoms with Crippen molar-refractivity contribution in [3.05, 3.63) is 69.0 Å². The van der Waals surface area contributed by atoms with E-state index in [1.807, 2.05) is 0 Å². The summed E-state index contributed by atoms with van der Waals surface area (Å²) in [6.07, 6.45) is -4.57. The van der Waals surface area contributed by atoms with Gasteiger partial charge < -0.3 is 10.2 Å². The SMILES string of the molecule is O=C1CCC(N2Cc3c(CNC(=O)c4cc(C(F)(F)F)cc(Cl)c4F)cccc3C2=O)C(=O)N1. The van der Waals surface area contributed by atoms with Crippen molar-refractivity contribution in [1.29, 1.82) is 0 Å². The van der Waals surface area contributed by atoms with E-state index in [0.717, 1.165) is 0 Å². The lowest BCUT2D eigenvalue weighted by atomic mass is 10.0. The van der Waals surface area contributed by atoms with Gasteiger partial charge in [0.1, 0.15) is 6.04 Å². The van der Waals surface area contributed by atoms with Gasteiger partial charge in [-0.15, -0.1) is 0 Å². The molecule has 12 heteroatoms. The van der Waals surface area contributed by atoms with Gasteiger partial charge in [0.2, 0.25) is 11.8 Å². The molecule has 2 aromatic carbocycles. The fourth-order valence-electron chi connectivity index (χ4n) is 4.00. The fraction of sp³-hybridized carbons (Fsp3) is 0.273. The van der Waals surface area contributed by atoms with Crippen LogP contribution in [0.4, 0.5) is 17.6 Å². The molecule has 2 heterocycles. The average Bonchev–Trinajstić information content (AvgIpc) is 3.10. The molecule has 2 aromatic rings. The average molecular weight is 498 g/mol. The quantitative estimate of drug-likeness (QED) is 0.501. The van der Waals surface area contributed by atoms with Crippen molar-refractivity contribution in [2.75, 3.05) is 0 Å². The topological polar surface area (TPSA) is 95.6 Å². The Hall–Kier alpha value is -3.47. The van der Waals surface area contributed by atoms with E-state index < -0.39 is 57.8 Å². The molecule has 0 radical (unpaired) electrons. The van der Waals surface area contributed by atoms with Gasteiger partial charge in [0, 0.05) is 25.1 Å². The summed E-state index contributed by atoms with van der Waals surface area (Å²) >= 11 is 5.54. The summed E-state index contributed by atoms with van der Waals surface area (Å²) in [6, 6.07) is 4.62. The van der Waals surface area contributed by atoms with Gasteiger partial charge in [0.25, 0.3) is 11.8 Å². The second kappa shape index (κ2) is 8.71. The van der Waals surface area contributed by atoms with Crippen LogP contribution in [0.15, 0.2) is 30.3 Å². The van der Waals surface area contributed by atoms with Crippen molar-refractivity contribution in [3.63, 3.8) is 0 Å². The van der Waals surface area contributed by atoms with Crippen molar-refractivity contribution in [2.24, 2.45) is 0 Å². The second-order valence-electron chi connectivity index (χ2n) is 7.84. The Bertz CT molecular complexity index is 1230. The summed E-state index contributed by atoms with van der Waals surface area (Å²) in [5, 5.41) is 3.71. The summed E-state index contributed by atoms with van der Waals surface area (Å²) in [6.45, 7) is -0.179. The number of hydrogen-bond donors (Lipinski definition) is 2. The van der Waals surface area contributed by atoms with Gasteiger partial charge in [-0.2, -0.15) is 13.2 Å². The predicted octanol–water partition coefficient (Wildman–Crippen LogP) is 3.19. The fourth-order valence-corrected chi connectivity index (χ4v) is 4.22. The first-order chi connectivity index (χ1) is 16.0. The third-order valence-electron chi connectivity index (χ3n) is 5.72. The maximum absolute atomic E-state index is 14.3. The van der Waals surface area contributed by atoms with Gasteiger partial charge in [-0.1, -0.05) is 23.7 Å². The number of nitrogens with one attached hydrogen (secondary N) is 2. The van der Waals surface area contributed by atoms with E-state index in [1.54, 1.807) is 18.2 Å². The minimum Gasteiger partial charge on any atom is -0.348 e. The molecule has 2 aliphatic rings. The summed E-state index contributed by atoms with van der Waals surface area (Å²) in [7, 11) is 0. The van der Waals surface area contributed by atoms with Crippen molar-refractivity contribution < 1.29 is 36.7 Å². The lowest BCUT2D eigenvalue weighted by Crippen LogP contribution is -2.52. The van der Waals surface area contributed by atoms with Crippen molar-refractivity contribution in [3.8, 4) is 0 Å². The molecule has 1 saturated heterocycles. The van der Waals surface area contributed by atoms with Crippen LogP contribution in [0.1, 0.15) is 50.2 Å². The van der Waals surface area contributed by atoms with Crippen LogP contribution in [0.25, 0.3) is 0 Å². The molecule has 0 aliphatic carbocycles. The molecule has 0 bridgehead atoms. The van der Waals surface area contributed by atoms with Crippen LogP contribution >= 0.6 is 11.6 Å². The molecule has 0 saturated carbocycles. The number of alkyl halides is 3. The molecule has 7 nitrogen and oxygen atoms in total. The first-order valence-electron chi connectivity index (χ1n) is 10.1. The smallest absolute Gasteiger partial charge is 0.348 e. The van der Waals surface area contributed by atoms with Crippen LogP contribution in [0.3, 0.4) is 0 Å². The molecule has 0 aromatic heterocycles. The third kappa shape index (κ3) is 4.35. The van der Waals surface area contributed by atoms with Gasteiger partial charge in [0.05, 0.1) is 16.1 Å². The monoisotopic (exact) mass is 497 g/mol. The Labute approximate surface area is 195 Å². The molecule has 4 amide bonds. The van der Waals surface area contributed by atoms with Crippen molar-refractivity contribution in [1.82, 2.24) is 15.5 Å². The zero-order chi connectivity index (χ0) is 24.8. The Morgan fingerprint density at radius 2 is 1.94 bits per heavy atom. The number of fused-ring (bicyclic) bond motifs is 1. The number of halogens is 5. The molecule has 1 unspecified atom stereocenters. The van der Waals surface area contributed by atoms with Gasteiger partial charge in [-0.25, -0.2) is 4.39 Å². The maximum atomic E-state index is 14.3. The number of benzene rings is 2. The highest BCUT2D eigenvalue weighted by Gasteiger charge is 2.40. The van der Waals surface area contributed by atoms with E-state index >= 15 is 0 Å². The summed E-state index contributed by atoms with van der Waals surface area (Å²) in [5.41, 5.74) is -0.860. The molecule has 1 atom stereocenters. The maximum Gasteiger partial charge on any atom is 0.416 e. The predicted molar refractivity (Wildman–Crippen MR) is 110 cm³/mol. The van der Waals surface area contributed by atoms with Crippen LogP contribution < -0.4 is 10.6 Å². The number of carbonyl (C=O) groups excluding carboxylic acids is 4. The normalized spacial score (nSPS) is 18.1. The number of carbonyl (C=O) groups is 4. The minimum absolute atomic E-state index is 0.0379. The van der Waals surface area contributed by atoms with E-state index in [2.05, 4.69) is 10.6 Å². The summed E-state index contributed by atoms with van der Waals surface area (Å²) < 4.78 is 53.3. The molecular formula is C22H16ClF4N3O4. The molecule has 4 rings (SSSR count). The van der Waals surface area contributed by atoms with Crippen LogP contribution in [0.5, 0.6) is 0 Å². The number of piperidine rings is 1. The van der Waals surface area contributed by atoms with Crippen LogP contribution in [-0.4, -0.2) is 34.6 Å². The number of rotatable bonds is 4. The van der Waals surface area contributed by atoms with Crippen LogP contribution in [0, 0.1) is 5.82 Å². The highest BCUT2D eigenvalue weighted by atomic mass is 35.5. The third-order valence-corrected chi connectivity index (χ3v) is 5.99. The molecule has 178 valence electrons. The Kier molecular flexibility index (Phi) is 6.07. The Morgan fingerprint density at radius 1 is 1.21 bits per heavy atom. The zero-order valence-electron chi connectivity index (χ0n) is 17.3. The number of imide groups is 1. The van der Waals surface area contributed by atoms with Gasteiger partial charge in [0.15, 0.2) is 5.82 Å². The summed E-state index contributed by atoms with van der Waals surface area (Å²) in [4.78, 5) is 50.3.